The predicted octanol–water partition coefficient (Wildman–Crippen LogP) is 1.55. The monoisotopic (exact) mass is 203 g/mol. The summed E-state index contributed by atoms with van der Waals surface area (Å²) in [6.45, 7) is 6.54. The summed E-state index contributed by atoms with van der Waals surface area (Å²) in [5.41, 5.74) is -0.513. The van der Waals surface area contributed by atoms with Gasteiger partial charge in [-0.25, -0.2) is 0 Å². The molecule has 0 bridgehead atoms. The second-order valence-electron chi connectivity index (χ2n) is 3.81. The standard InChI is InChI=1S/C11H25NO2/c1-4-11(13,5-2)10-12-8-6-7-9-14-3/h12-13H,4-10H2,1-3H3. The third-order valence-electron chi connectivity index (χ3n) is 2.72. The van der Waals surface area contributed by atoms with Crippen LogP contribution in [0.3, 0.4) is 0 Å². The van der Waals surface area contributed by atoms with Crippen LogP contribution in [0.4, 0.5) is 0 Å². The summed E-state index contributed by atoms with van der Waals surface area (Å²) in [4.78, 5) is 0. The number of rotatable bonds is 9. The molecule has 0 atom stereocenters. The molecule has 0 aromatic heterocycles. The first-order valence-corrected chi connectivity index (χ1v) is 5.60. The van der Waals surface area contributed by atoms with Crippen LogP contribution in [0, 0.1) is 0 Å². The Morgan fingerprint density at radius 2 is 1.86 bits per heavy atom. The van der Waals surface area contributed by atoms with Crippen molar-refractivity contribution in [1.82, 2.24) is 5.32 Å². The van der Waals surface area contributed by atoms with E-state index in [1.807, 2.05) is 13.8 Å². The van der Waals surface area contributed by atoms with Crippen LogP contribution < -0.4 is 5.32 Å². The Morgan fingerprint density at radius 1 is 1.21 bits per heavy atom. The first-order chi connectivity index (χ1) is 6.68. The van der Waals surface area contributed by atoms with Gasteiger partial charge in [0.05, 0.1) is 5.60 Å². The molecule has 0 spiro atoms. The van der Waals surface area contributed by atoms with Gasteiger partial charge >= 0.3 is 0 Å². The smallest absolute Gasteiger partial charge is 0.0766 e. The fourth-order valence-electron chi connectivity index (χ4n) is 1.32. The minimum Gasteiger partial charge on any atom is -0.389 e. The molecule has 0 amide bonds. The lowest BCUT2D eigenvalue weighted by Crippen LogP contribution is -2.39. The fraction of sp³-hybridized carbons (Fsp3) is 1.00. The van der Waals surface area contributed by atoms with Gasteiger partial charge in [0.15, 0.2) is 0 Å². The van der Waals surface area contributed by atoms with Crippen LogP contribution in [-0.4, -0.2) is 37.5 Å². The molecule has 0 aromatic rings. The van der Waals surface area contributed by atoms with Crippen LogP contribution in [-0.2, 0) is 4.74 Å². The predicted molar refractivity (Wildman–Crippen MR) is 59.5 cm³/mol. The fourth-order valence-corrected chi connectivity index (χ4v) is 1.32. The third kappa shape index (κ3) is 6.35. The lowest BCUT2D eigenvalue weighted by Gasteiger charge is -2.25. The van der Waals surface area contributed by atoms with Crippen molar-refractivity contribution in [3.8, 4) is 0 Å². The van der Waals surface area contributed by atoms with Crippen molar-refractivity contribution in [3.05, 3.63) is 0 Å². The molecular weight excluding hydrogens is 178 g/mol. The highest BCUT2D eigenvalue weighted by atomic mass is 16.5. The molecule has 0 aliphatic carbocycles. The molecule has 0 unspecified atom stereocenters. The van der Waals surface area contributed by atoms with E-state index < -0.39 is 5.60 Å². The molecule has 0 saturated heterocycles. The Kier molecular flexibility index (Phi) is 8.14. The van der Waals surface area contributed by atoms with Gasteiger partial charge in [-0.3, -0.25) is 0 Å². The quantitative estimate of drug-likeness (QED) is 0.559. The van der Waals surface area contributed by atoms with Gasteiger partial charge in [-0.2, -0.15) is 0 Å². The number of ether oxygens (including phenoxy) is 1. The van der Waals surface area contributed by atoms with Crippen molar-refractivity contribution in [1.29, 1.82) is 0 Å². The van der Waals surface area contributed by atoms with Crippen molar-refractivity contribution in [2.75, 3.05) is 26.8 Å². The van der Waals surface area contributed by atoms with Crippen LogP contribution >= 0.6 is 0 Å². The zero-order chi connectivity index (χ0) is 10.9. The molecule has 0 aromatic carbocycles. The normalized spacial score (nSPS) is 12.0. The van der Waals surface area contributed by atoms with E-state index in [0.29, 0.717) is 6.54 Å². The summed E-state index contributed by atoms with van der Waals surface area (Å²) >= 11 is 0. The molecule has 3 nitrogen and oxygen atoms in total. The summed E-state index contributed by atoms with van der Waals surface area (Å²) in [5.74, 6) is 0. The average molecular weight is 203 g/mol. The molecule has 14 heavy (non-hydrogen) atoms. The minimum absolute atomic E-state index is 0.513. The lowest BCUT2D eigenvalue weighted by atomic mass is 9.98. The van der Waals surface area contributed by atoms with Gasteiger partial charge in [0.2, 0.25) is 0 Å². The maximum Gasteiger partial charge on any atom is 0.0766 e. The molecule has 0 saturated carbocycles. The largest absolute Gasteiger partial charge is 0.389 e. The first kappa shape index (κ1) is 13.9. The molecule has 0 fully saturated rings. The summed E-state index contributed by atoms with van der Waals surface area (Å²) < 4.78 is 4.95. The highest BCUT2D eigenvalue weighted by molar-refractivity contribution is 4.77. The van der Waals surface area contributed by atoms with E-state index in [-0.39, 0.29) is 0 Å². The van der Waals surface area contributed by atoms with Gasteiger partial charge in [0.1, 0.15) is 0 Å². The molecule has 2 N–H and O–H groups in total. The Morgan fingerprint density at radius 3 is 2.36 bits per heavy atom. The summed E-state index contributed by atoms with van der Waals surface area (Å²) in [6.07, 6.45) is 3.82. The average Bonchev–Trinajstić information content (AvgIpc) is 2.23. The Hall–Kier alpha value is -0.120. The zero-order valence-corrected chi connectivity index (χ0v) is 9.81. The number of aliphatic hydroxyl groups is 1. The van der Waals surface area contributed by atoms with E-state index in [0.717, 1.165) is 38.8 Å². The first-order valence-electron chi connectivity index (χ1n) is 5.60. The van der Waals surface area contributed by atoms with Crippen LogP contribution in [0.1, 0.15) is 39.5 Å². The number of unbranched alkanes of at least 4 members (excludes halogenated alkanes) is 1. The lowest BCUT2D eigenvalue weighted by molar-refractivity contribution is 0.0326. The summed E-state index contributed by atoms with van der Waals surface area (Å²) in [6, 6.07) is 0. The second-order valence-corrected chi connectivity index (χ2v) is 3.81. The van der Waals surface area contributed by atoms with Gasteiger partial charge in [-0.15, -0.1) is 0 Å². The van der Waals surface area contributed by atoms with Crippen molar-refractivity contribution in [2.45, 2.75) is 45.1 Å². The maximum atomic E-state index is 9.94. The molecule has 86 valence electrons. The SMILES string of the molecule is CCC(O)(CC)CNCCCCOC. The van der Waals surface area contributed by atoms with Gasteiger partial charge in [-0.05, 0) is 32.2 Å². The molecule has 0 aliphatic heterocycles. The zero-order valence-electron chi connectivity index (χ0n) is 9.81. The van der Waals surface area contributed by atoms with Crippen molar-refractivity contribution < 1.29 is 9.84 Å². The van der Waals surface area contributed by atoms with Gasteiger partial charge in [-0.1, -0.05) is 13.8 Å². The maximum absolute atomic E-state index is 9.94. The number of hydrogen-bond donors (Lipinski definition) is 2. The van der Waals surface area contributed by atoms with Crippen LogP contribution in [0.5, 0.6) is 0 Å². The molecule has 0 rings (SSSR count). The van der Waals surface area contributed by atoms with E-state index in [2.05, 4.69) is 5.32 Å². The molecule has 0 aliphatic rings. The summed E-state index contributed by atoms with van der Waals surface area (Å²) in [7, 11) is 1.72. The van der Waals surface area contributed by atoms with Crippen LogP contribution in [0.15, 0.2) is 0 Å². The Balaban J connectivity index is 3.34. The molecule has 3 heteroatoms. The molecular formula is C11H25NO2. The number of nitrogens with one attached hydrogen (secondary N) is 1. The minimum atomic E-state index is -0.513. The van der Waals surface area contributed by atoms with Gasteiger partial charge < -0.3 is 15.2 Å². The van der Waals surface area contributed by atoms with E-state index in [4.69, 9.17) is 4.74 Å². The number of methoxy groups -OCH3 is 1. The van der Waals surface area contributed by atoms with Crippen LogP contribution in [0.2, 0.25) is 0 Å². The van der Waals surface area contributed by atoms with E-state index in [9.17, 15) is 5.11 Å². The van der Waals surface area contributed by atoms with Crippen molar-refractivity contribution >= 4 is 0 Å². The Bertz CT molecular complexity index is 124. The third-order valence-corrected chi connectivity index (χ3v) is 2.72. The topological polar surface area (TPSA) is 41.5 Å². The van der Waals surface area contributed by atoms with E-state index in [1.165, 1.54) is 0 Å². The summed E-state index contributed by atoms with van der Waals surface area (Å²) in [5, 5.41) is 13.2. The molecule has 0 heterocycles. The van der Waals surface area contributed by atoms with Gasteiger partial charge in [0, 0.05) is 20.3 Å². The number of hydrogen-bond acceptors (Lipinski definition) is 3. The highest BCUT2D eigenvalue weighted by Crippen LogP contribution is 2.12. The van der Waals surface area contributed by atoms with Crippen molar-refractivity contribution in [2.24, 2.45) is 0 Å². The van der Waals surface area contributed by atoms with Gasteiger partial charge in [0.25, 0.3) is 0 Å². The molecule has 0 radical (unpaired) electrons. The Labute approximate surface area is 87.8 Å². The highest BCUT2D eigenvalue weighted by Gasteiger charge is 2.20. The van der Waals surface area contributed by atoms with E-state index in [1.54, 1.807) is 7.11 Å². The van der Waals surface area contributed by atoms with Crippen molar-refractivity contribution in [3.63, 3.8) is 0 Å². The van der Waals surface area contributed by atoms with E-state index >= 15 is 0 Å². The van der Waals surface area contributed by atoms with Crippen LogP contribution in [0.25, 0.3) is 0 Å². The second kappa shape index (κ2) is 8.21.